The van der Waals surface area contributed by atoms with Gasteiger partial charge in [0.05, 0.1) is 4.47 Å². The lowest BCUT2D eigenvalue weighted by Crippen LogP contribution is -2.04. The molecule has 0 atom stereocenters. The second kappa shape index (κ2) is 6.29. The minimum Gasteiger partial charge on any atom is -0.369 e. The van der Waals surface area contributed by atoms with Crippen LogP contribution in [0.1, 0.15) is 18.3 Å². The smallest absolute Gasteiger partial charge is 0.144 e. The Morgan fingerprint density at radius 1 is 1.17 bits per heavy atom. The zero-order chi connectivity index (χ0) is 13.0. The number of halogens is 2. The lowest BCUT2D eigenvalue weighted by atomic mass is 10.1. The zero-order valence-electron chi connectivity index (χ0n) is 9.95. The molecule has 18 heavy (non-hydrogen) atoms. The Hall–Kier alpha value is -0.940. The van der Waals surface area contributed by atoms with E-state index in [9.17, 15) is 0 Å². The van der Waals surface area contributed by atoms with Gasteiger partial charge in [0.15, 0.2) is 0 Å². The number of nitrogens with one attached hydrogen (secondary N) is 1. The van der Waals surface area contributed by atoms with Crippen LogP contribution in [-0.4, -0.2) is 16.5 Å². The first-order chi connectivity index (χ1) is 8.69. The van der Waals surface area contributed by atoms with Crippen molar-refractivity contribution in [1.82, 2.24) is 9.97 Å². The van der Waals surface area contributed by atoms with Gasteiger partial charge in [-0.05, 0) is 40.5 Å². The molecule has 0 unspecified atom stereocenters. The molecule has 0 amide bonds. The van der Waals surface area contributed by atoms with Crippen LogP contribution in [0.3, 0.4) is 0 Å². The summed E-state index contributed by atoms with van der Waals surface area (Å²) in [5.74, 6) is 1.66. The van der Waals surface area contributed by atoms with Gasteiger partial charge >= 0.3 is 0 Å². The fraction of sp³-hybridized carbons (Fsp3) is 0.231. The normalized spacial score (nSPS) is 10.4. The molecule has 0 spiro atoms. The van der Waals surface area contributed by atoms with Crippen LogP contribution in [0.5, 0.6) is 0 Å². The van der Waals surface area contributed by atoms with E-state index in [1.54, 1.807) is 6.20 Å². The van der Waals surface area contributed by atoms with Crippen LogP contribution >= 0.6 is 31.9 Å². The van der Waals surface area contributed by atoms with Gasteiger partial charge in [0.2, 0.25) is 0 Å². The molecule has 0 aliphatic carbocycles. The second-order valence-corrected chi connectivity index (χ2v) is 5.59. The van der Waals surface area contributed by atoms with Crippen molar-refractivity contribution in [1.29, 1.82) is 0 Å². The average molecular weight is 371 g/mol. The van der Waals surface area contributed by atoms with Crippen molar-refractivity contribution in [2.24, 2.45) is 0 Å². The summed E-state index contributed by atoms with van der Waals surface area (Å²) in [5, 5.41) is 3.21. The van der Waals surface area contributed by atoms with Gasteiger partial charge in [0.25, 0.3) is 0 Å². The molecule has 0 aliphatic heterocycles. The number of hydrogen-bond acceptors (Lipinski definition) is 3. The predicted octanol–water partition coefficient (Wildman–Crippen LogP) is 4.02. The molecule has 0 saturated carbocycles. The third-order valence-corrected chi connectivity index (χ3v) is 3.52. The van der Waals surface area contributed by atoms with E-state index in [1.807, 2.05) is 19.1 Å². The summed E-state index contributed by atoms with van der Waals surface area (Å²) >= 11 is 6.86. The van der Waals surface area contributed by atoms with E-state index in [0.717, 1.165) is 33.6 Å². The Labute approximate surface area is 123 Å². The number of anilines is 1. The SMILES string of the molecule is CCNc1nc(Cc2ccc(Br)cc2)ncc1Br. The van der Waals surface area contributed by atoms with Gasteiger partial charge in [-0.3, -0.25) is 0 Å². The van der Waals surface area contributed by atoms with E-state index in [4.69, 9.17) is 0 Å². The molecule has 0 aliphatic rings. The third-order valence-electron chi connectivity index (χ3n) is 2.41. The molecule has 3 nitrogen and oxygen atoms in total. The fourth-order valence-corrected chi connectivity index (χ4v) is 2.16. The van der Waals surface area contributed by atoms with Gasteiger partial charge < -0.3 is 5.32 Å². The molecule has 94 valence electrons. The molecule has 1 aromatic heterocycles. The largest absolute Gasteiger partial charge is 0.369 e. The maximum Gasteiger partial charge on any atom is 0.144 e. The summed E-state index contributed by atoms with van der Waals surface area (Å²) in [4.78, 5) is 8.83. The van der Waals surface area contributed by atoms with Crippen molar-refractivity contribution >= 4 is 37.7 Å². The molecule has 0 saturated heterocycles. The number of aromatic nitrogens is 2. The minimum absolute atomic E-state index is 0.735. The highest BCUT2D eigenvalue weighted by molar-refractivity contribution is 9.10. The molecule has 2 aromatic rings. The minimum atomic E-state index is 0.735. The maximum atomic E-state index is 4.50. The summed E-state index contributed by atoms with van der Waals surface area (Å²) in [6.07, 6.45) is 2.53. The molecule has 5 heteroatoms. The highest BCUT2D eigenvalue weighted by atomic mass is 79.9. The summed E-state index contributed by atoms with van der Waals surface area (Å²) < 4.78 is 1.97. The maximum absolute atomic E-state index is 4.50. The van der Waals surface area contributed by atoms with E-state index in [1.165, 1.54) is 5.56 Å². The van der Waals surface area contributed by atoms with E-state index >= 15 is 0 Å². The van der Waals surface area contributed by atoms with Crippen molar-refractivity contribution in [3.8, 4) is 0 Å². The third kappa shape index (κ3) is 3.53. The topological polar surface area (TPSA) is 37.8 Å². The molecule has 0 fully saturated rings. The molecular formula is C13H13Br2N3. The van der Waals surface area contributed by atoms with Crippen LogP contribution in [0.25, 0.3) is 0 Å². The summed E-state index contributed by atoms with van der Waals surface area (Å²) in [5.41, 5.74) is 1.20. The van der Waals surface area contributed by atoms with E-state index in [2.05, 4.69) is 59.3 Å². The molecule has 2 rings (SSSR count). The Morgan fingerprint density at radius 2 is 1.89 bits per heavy atom. The first kappa shape index (κ1) is 13.5. The Morgan fingerprint density at radius 3 is 2.56 bits per heavy atom. The number of hydrogen-bond donors (Lipinski definition) is 1. The van der Waals surface area contributed by atoms with Crippen LogP contribution in [0.4, 0.5) is 5.82 Å². The van der Waals surface area contributed by atoms with Crippen molar-refractivity contribution in [3.63, 3.8) is 0 Å². The molecule has 1 aromatic carbocycles. The van der Waals surface area contributed by atoms with Crippen LogP contribution in [0.15, 0.2) is 39.4 Å². The Kier molecular flexibility index (Phi) is 4.72. The Bertz CT molecular complexity index is 526. The summed E-state index contributed by atoms with van der Waals surface area (Å²) in [6, 6.07) is 8.20. The van der Waals surface area contributed by atoms with Gasteiger partial charge in [-0.15, -0.1) is 0 Å². The highest BCUT2D eigenvalue weighted by Crippen LogP contribution is 2.19. The van der Waals surface area contributed by atoms with Crippen LogP contribution in [-0.2, 0) is 6.42 Å². The molecule has 0 radical (unpaired) electrons. The number of nitrogens with zero attached hydrogens (tertiary/aromatic N) is 2. The van der Waals surface area contributed by atoms with Gasteiger partial charge in [-0.1, -0.05) is 28.1 Å². The number of rotatable bonds is 4. The lowest BCUT2D eigenvalue weighted by Gasteiger charge is -2.07. The summed E-state index contributed by atoms with van der Waals surface area (Å²) in [7, 11) is 0. The molecule has 0 bridgehead atoms. The average Bonchev–Trinajstić information content (AvgIpc) is 2.37. The van der Waals surface area contributed by atoms with E-state index < -0.39 is 0 Å². The van der Waals surface area contributed by atoms with Crippen molar-refractivity contribution in [3.05, 3.63) is 50.8 Å². The lowest BCUT2D eigenvalue weighted by molar-refractivity contribution is 0.956. The van der Waals surface area contributed by atoms with Crippen LogP contribution in [0.2, 0.25) is 0 Å². The van der Waals surface area contributed by atoms with E-state index in [0.29, 0.717) is 0 Å². The van der Waals surface area contributed by atoms with Gasteiger partial charge in [0, 0.05) is 23.6 Å². The van der Waals surface area contributed by atoms with Crippen molar-refractivity contribution in [2.45, 2.75) is 13.3 Å². The highest BCUT2D eigenvalue weighted by Gasteiger charge is 2.05. The standard InChI is InChI=1S/C13H13Br2N3/c1-2-16-13-11(15)8-17-12(18-13)7-9-3-5-10(14)6-4-9/h3-6,8H,2,7H2,1H3,(H,16,17,18). The molecule has 1 heterocycles. The summed E-state index contributed by atoms with van der Waals surface area (Å²) in [6.45, 7) is 2.89. The fourth-order valence-electron chi connectivity index (χ4n) is 1.57. The second-order valence-electron chi connectivity index (χ2n) is 3.82. The monoisotopic (exact) mass is 369 g/mol. The number of benzene rings is 1. The zero-order valence-corrected chi connectivity index (χ0v) is 13.1. The van der Waals surface area contributed by atoms with Gasteiger partial charge in [0.1, 0.15) is 11.6 Å². The van der Waals surface area contributed by atoms with Crippen LogP contribution in [0, 0.1) is 0 Å². The first-order valence-corrected chi connectivity index (χ1v) is 7.27. The molecular weight excluding hydrogens is 358 g/mol. The quantitative estimate of drug-likeness (QED) is 0.882. The predicted molar refractivity (Wildman–Crippen MR) is 80.8 cm³/mol. The van der Waals surface area contributed by atoms with Crippen molar-refractivity contribution < 1.29 is 0 Å². The van der Waals surface area contributed by atoms with Crippen molar-refractivity contribution in [2.75, 3.05) is 11.9 Å². The Balaban J connectivity index is 2.18. The van der Waals surface area contributed by atoms with E-state index in [-0.39, 0.29) is 0 Å². The van der Waals surface area contributed by atoms with Crippen LogP contribution < -0.4 is 5.32 Å². The van der Waals surface area contributed by atoms with Gasteiger partial charge in [-0.2, -0.15) is 0 Å². The van der Waals surface area contributed by atoms with Gasteiger partial charge in [-0.25, -0.2) is 9.97 Å². The first-order valence-electron chi connectivity index (χ1n) is 5.68. The molecule has 1 N–H and O–H groups in total.